The molecule has 1 aliphatic rings. The predicted molar refractivity (Wildman–Crippen MR) is 62.4 cm³/mol. The summed E-state index contributed by atoms with van der Waals surface area (Å²) in [4.78, 5) is 27.9. The van der Waals surface area contributed by atoms with Crippen LogP contribution in [0.25, 0.3) is 0 Å². The fourth-order valence-corrected chi connectivity index (χ4v) is 1.65. The number of hydrogen-bond donors (Lipinski definition) is 1. The molecule has 1 saturated heterocycles. The molecule has 1 aromatic carbocycles. The molecular weight excluding hydrogens is 220 g/mol. The zero-order valence-corrected chi connectivity index (χ0v) is 9.60. The average Bonchev–Trinajstić information content (AvgIpc) is 2.82. The van der Waals surface area contributed by atoms with E-state index in [1.807, 2.05) is 0 Å². The molecule has 1 heterocycles. The first kappa shape index (κ1) is 11.6. The van der Waals surface area contributed by atoms with Gasteiger partial charge in [0.2, 0.25) is 5.91 Å². The molecule has 0 aliphatic carbocycles. The Kier molecular flexibility index (Phi) is 3.39. The molecule has 90 valence electrons. The van der Waals surface area contributed by atoms with E-state index in [0.717, 1.165) is 6.42 Å². The fourth-order valence-electron chi connectivity index (χ4n) is 1.65. The van der Waals surface area contributed by atoms with E-state index in [-0.39, 0.29) is 11.8 Å². The lowest BCUT2D eigenvalue weighted by atomic mass is 10.2. The summed E-state index contributed by atoms with van der Waals surface area (Å²) in [5.41, 5.74) is 1.23. The number of hydroxylamine groups is 2. The van der Waals surface area contributed by atoms with Crippen molar-refractivity contribution in [1.29, 1.82) is 0 Å². The number of amides is 2. The van der Waals surface area contributed by atoms with E-state index < -0.39 is 0 Å². The standard InChI is InChI=1S/C12H14N2O3/c1-9(15)13-11-5-3-10(4-6-11)12(16)14-7-2-8-17-14/h3-6H,2,7-8H2,1H3,(H,13,15). The zero-order chi connectivity index (χ0) is 12.3. The summed E-state index contributed by atoms with van der Waals surface area (Å²) in [6.07, 6.45) is 0.871. The Morgan fingerprint density at radius 2 is 2.00 bits per heavy atom. The topological polar surface area (TPSA) is 58.6 Å². The minimum absolute atomic E-state index is 0.132. The van der Waals surface area contributed by atoms with E-state index in [1.54, 1.807) is 24.3 Å². The SMILES string of the molecule is CC(=O)Nc1ccc(C(=O)N2CCCO2)cc1. The molecular formula is C12H14N2O3. The second kappa shape index (κ2) is 4.97. The summed E-state index contributed by atoms with van der Waals surface area (Å²) in [7, 11) is 0. The molecule has 5 nitrogen and oxygen atoms in total. The maximum Gasteiger partial charge on any atom is 0.277 e. The van der Waals surface area contributed by atoms with E-state index in [9.17, 15) is 9.59 Å². The molecule has 5 heteroatoms. The van der Waals surface area contributed by atoms with E-state index in [4.69, 9.17) is 4.84 Å². The smallest absolute Gasteiger partial charge is 0.277 e. The van der Waals surface area contributed by atoms with Crippen molar-refractivity contribution in [2.45, 2.75) is 13.3 Å². The minimum Gasteiger partial charge on any atom is -0.326 e. The van der Waals surface area contributed by atoms with Crippen LogP contribution >= 0.6 is 0 Å². The van der Waals surface area contributed by atoms with Gasteiger partial charge in [-0.1, -0.05) is 0 Å². The first-order chi connectivity index (χ1) is 8.16. The van der Waals surface area contributed by atoms with Gasteiger partial charge in [-0.05, 0) is 30.7 Å². The van der Waals surface area contributed by atoms with E-state index >= 15 is 0 Å². The van der Waals surface area contributed by atoms with E-state index in [0.29, 0.717) is 24.4 Å². The maximum atomic E-state index is 11.9. The summed E-state index contributed by atoms with van der Waals surface area (Å²) in [5, 5.41) is 4.01. The monoisotopic (exact) mass is 234 g/mol. The molecule has 0 radical (unpaired) electrons. The van der Waals surface area contributed by atoms with Crippen LogP contribution in [-0.4, -0.2) is 30.0 Å². The lowest BCUT2D eigenvalue weighted by Gasteiger charge is -2.13. The van der Waals surface area contributed by atoms with E-state index in [2.05, 4.69) is 5.32 Å². The molecule has 1 fully saturated rings. The number of anilines is 1. The number of benzene rings is 1. The van der Waals surface area contributed by atoms with Gasteiger partial charge in [0.05, 0.1) is 13.2 Å². The van der Waals surface area contributed by atoms with Gasteiger partial charge in [-0.25, -0.2) is 5.06 Å². The van der Waals surface area contributed by atoms with Crippen molar-refractivity contribution in [3.63, 3.8) is 0 Å². The van der Waals surface area contributed by atoms with Crippen molar-refractivity contribution in [3.8, 4) is 0 Å². The Bertz CT molecular complexity index is 422. The van der Waals surface area contributed by atoms with Gasteiger partial charge in [-0.15, -0.1) is 0 Å². The van der Waals surface area contributed by atoms with Gasteiger partial charge in [-0.2, -0.15) is 0 Å². The third-order valence-corrected chi connectivity index (χ3v) is 2.43. The van der Waals surface area contributed by atoms with Crippen LogP contribution in [0.2, 0.25) is 0 Å². The number of nitrogens with zero attached hydrogens (tertiary/aromatic N) is 1. The Balaban J connectivity index is 2.06. The van der Waals surface area contributed by atoms with Crippen molar-refractivity contribution in [2.75, 3.05) is 18.5 Å². The highest BCUT2D eigenvalue weighted by atomic mass is 16.7. The minimum atomic E-state index is -0.142. The number of hydrogen-bond acceptors (Lipinski definition) is 3. The highest BCUT2D eigenvalue weighted by molar-refractivity contribution is 5.95. The summed E-state index contributed by atoms with van der Waals surface area (Å²) in [6.45, 7) is 2.67. The van der Waals surface area contributed by atoms with Gasteiger partial charge in [0.1, 0.15) is 0 Å². The van der Waals surface area contributed by atoms with Crippen LogP contribution in [0.15, 0.2) is 24.3 Å². The average molecular weight is 234 g/mol. The molecule has 1 aliphatic heterocycles. The second-order valence-corrected chi connectivity index (χ2v) is 3.85. The molecule has 0 aromatic heterocycles. The number of carbonyl (C=O) groups is 2. The predicted octanol–water partition coefficient (Wildman–Crippen LogP) is 1.42. The lowest BCUT2D eigenvalue weighted by molar-refractivity contribution is -0.114. The molecule has 2 rings (SSSR count). The first-order valence-corrected chi connectivity index (χ1v) is 5.49. The van der Waals surface area contributed by atoms with Crippen molar-refractivity contribution >= 4 is 17.5 Å². The van der Waals surface area contributed by atoms with Crippen molar-refractivity contribution in [2.24, 2.45) is 0 Å². The molecule has 0 bridgehead atoms. The molecule has 0 spiro atoms. The quantitative estimate of drug-likeness (QED) is 0.842. The van der Waals surface area contributed by atoms with Crippen molar-refractivity contribution in [1.82, 2.24) is 5.06 Å². The van der Waals surface area contributed by atoms with Gasteiger partial charge >= 0.3 is 0 Å². The maximum absolute atomic E-state index is 11.9. The van der Waals surface area contributed by atoms with Crippen LogP contribution in [0.1, 0.15) is 23.7 Å². The number of carbonyl (C=O) groups excluding carboxylic acids is 2. The fraction of sp³-hybridized carbons (Fsp3) is 0.333. The second-order valence-electron chi connectivity index (χ2n) is 3.85. The van der Waals surface area contributed by atoms with Crippen LogP contribution in [0, 0.1) is 0 Å². The van der Waals surface area contributed by atoms with Crippen molar-refractivity contribution < 1.29 is 14.4 Å². The Hall–Kier alpha value is -1.88. The largest absolute Gasteiger partial charge is 0.326 e. The lowest BCUT2D eigenvalue weighted by Crippen LogP contribution is -2.26. The van der Waals surface area contributed by atoms with Gasteiger partial charge in [0, 0.05) is 18.2 Å². The first-order valence-electron chi connectivity index (χ1n) is 5.49. The Morgan fingerprint density at radius 3 is 2.53 bits per heavy atom. The zero-order valence-electron chi connectivity index (χ0n) is 9.60. The van der Waals surface area contributed by atoms with Gasteiger partial charge in [0.25, 0.3) is 5.91 Å². The molecule has 2 amide bonds. The van der Waals surface area contributed by atoms with Crippen LogP contribution < -0.4 is 5.32 Å². The van der Waals surface area contributed by atoms with Gasteiger partial charge < -0.3 is 5.32 Å². The normalized spacial score (nSPS) is 14.8. The van der Waals surface area contributed by atoms with Crippen LogP contribution in [0.4, 0.5) is 5.69 Å². The molecule has 17 heavy (non-hydrogen) atoms. The number of rotatable bonds is 2. The summed E-state index contributed by atoms with van der Waals surface area (Å²) >= 11 is 0. The Labute approximate surface area is 99.3 Å². The van der Waals surface area contributed by atoms with E-state index in [1.165, 1.54) is 12.0 Å². The highest BCUT2D eigenvalue weighted by Crippen LogP contribution is 2.14. The summed E-state index contributed by atoms with van der Waals surface area (Å²) in [6, 6.07) is 6.75. The molecule has 0 unspecified atom stereocenters. The Morgan fingerprint density at radius 1 is 1.29 bits per heavy atom. The van der Waals surface area contributed by atoms with Crippen LogP contribution in [0.3, 0.4) is 0 Å². The molecule has 0 atom stereocenters. The van der Waals surface area contributed by atoms with Gasteiger partial charge in [-0.3, -0.25) is 14.4 Å². The number of nitrogens with one attached hydrogen (secondary N) is 1. The third kappa shape index (κ3) is 2.82. The highest BCUT2D eigenvalue weighted by Gasteiger charge is 2.20. The van der Waals surface area contributed by atoms with Crippen LogP contribution in [0.5, 0.6) is 0 Å². The third-order valence-electron chi connectivity index (χ3n) is 2.43. The van der Waals surface area contributed by atoms with Crippen molar-refractivity contribution in [3.05, 3.63) is 29.8 Å². The summed E-state index contributed by atoms with van der Waals surface area (Å²) < 4.78 is 0. The molecule has 1 N–H and O–H groups in total. The van der Waals surface area contributed by atoms with Gasteiger partial charge in [0.15, 0.2) is 0 Å². The van der Waals surface area contributed by atoms with Crippen LogP contribution in [-0.2, 0) is 9.63 Å². The molecule has 0 saturated carbocycles. The molecule has 1 aromatic rings. The summed E-state index contributed by atoms with van der Waals surface area (Å²) in [5.74, 6) is -0.274.